The summed E-state index contributed by atoms with van der Waals surface area (Å²) in [7, 11) is 0. The molecule has 0 aromatic heterocycles. The van der Waals surface area contributed by atoms with Crippen molar-refractivity contribution in [3.05, 3.63) is 0 Å². The Balaban J connectivity index is 3.45. The van der Waals surface area contributed by atoms with Crippen LogP contribution in [0.25, 0.3) is 0 Å². The Morgan fingerprint density at radius 3 is 2.45 bits per heavy atom. The quantitative estimate of drug-likeness (QED) is 0.634. The molecule has 0 saturated carbocycles. The molecule has 0 unspecified atom stereocenters. The minimum Gasteiger partial charge on any atom is -0.481 e. The van der Waals surface area contributed by atoms with Crippen LogP contribution in [-0.2, 0) is 4.79 Å². The van der Waals surface area contributed by atoms with Gasteiger partial charge in [-0.1, -0.05) is 13.8 Å². The maximum absolute atomic E-state index is 10.4. The molecule has 0 aliphatic rings. The monoisotopic (exact) mass is 159 g/mol. The van der Waals surface area contributed by atoms with Crippen LogP contribution in [0.15, 0.2) is 0 Å². The van der Waals surface area contributed by atoms with Crippen molar-refractivity contribution in [1.82, 2.24) is 0 Å². The largest absolute Gasteiger partial charge is 0.481 e. The molecule has 3 heteroatoms. The Kier molecular flexibility index (Phi) is 4.86. The normalized spacial score (nSPS) is 15.9. The van der Waals surface area contributed by atoms with Gasteiger partial charge in [-0.25, -0.2) is 0 Å². The first-order chi connectivity index (χ1) is 5.07. The lowest BCUT2D eigenvalue weighted by Crippen LogP contribution is -2.21. The second-order valence-electron chi connectivity index (χ2n) is 2.98. The number of hydrogen-bond acceptors (Lipinski definition) is 2. The van der Waals surface area contributed by atoms with Crippen molar-refractivity contribution in [1.29, 1.82) is 0 Å². The molecule has 0 aromatic rings. The average molecular weight is 159 g/mol. The second kappa shape index (κ2) is 5.13. The van der Waals surface area contributed by atoms with Gasteiger partial charge < -0.3 is 10.8 Å². The number of nitrogens with two attached hydrogens (primary N) is 1. The van der Waals surface area contributed by atoms with E-state index >= 15 is 0 Å². The van der Waals surface area contributed by atoms with Crippen LogP contribution < -0.4 is 5.73 Å². The number of aliphatic carboxylic acids is 1. The van der Waals surface area contributed by atoms with Gasteiger partial charge in [-0.3, -0.25) is 4.79 Å². The van der Waals surface area contributed by atoms with Gasteiger partial charge in [0.05, 0.1) is 5.92 Å². The maximum Gasteiger partial charge on any atom is 0.306 e. The van der Waals surface area contributed by atoms with E-state index in [1.807, 2.05) is 6.92 Å². The lowest BCUT2D eigenvalue weighted by molar-refractivity contribution is -0.141. The Morgan fingerprint density at radius 2 is 2.09 bits per heavy atom. The Hall–Kier alpha value is -0.570. The molecule has 66 valence electrons. The highest BCUT2D eigenvalue weighted by atomic mass is 16.4. The van der Waals surface area contributed by atoms with Crippen molar-refractivity contribution in [2.75, 3.05) is 0 Å². The molecule has 0 bridgehead atoms. The molecule has 0 aliphatic heterocycles. The molecule has 0 saturated heterocycles. The van der Waals surface area contributed by atoms with E-state index in [2.05, 4.69) is 0 Å². The first-order valence-corrected chi connectivity index (χ1v) is 4.06. The molecular formula is C8H17NO2. The van der Waals surface area contributed by atoms with E-state index in [1.165, 1.54) is 0 Å². The van der Waals surface area contributed by atoms with Crippen LogP contribution in [0.4, 0.5) is 0 Å². The Morgan fingerprint density at radius 1 is 1.55 bits per heavy atom. The van der Waals surface area contributed by atoms with Gasteiger partial charge in [-0.05, 0) is 19.3 Å². The van der Waals surface area contributed by atoms with Gasteiger partial charge in [0, 0.05) is 6.04 Å². The summed E-state index contributed by atoms with van der Waals surface area (Å²) in [5.41, 5.74) is 5.63. The molecule has 3 N–H and O–H groups in total. The molecule has 0 heterocycles. The predicted molar refractivity (Wildman–Crippen MR) is 44.3 cm³/mol. The number of carboxylic acid groups (broad SMARTS) is 1. The van der Waals surface area contributed by atoms with E-state index in [0.29, 0.717) is 6.42 Å². The summed E-state index contributed by atoms with van der Waals surface area (Å²) in [5.74, 6) is -0.985. The highest BCUT2D eigenvalue weighted by Crippen LogP contribution is 2.08. The van der Waals surface area contributed by atoms with Gasteiger partial charge in [-0.2, -0.15) is 0 Å². The van der Waals surface area contributed by atoms with Crippen LogP contribution in [0.2, 0.25) is 0 Å². The molecule has 0 rings (SSSR count). The van der Waals surface area contributed by atoms with Crippen molar-refractivity contribution in [3.63, 3.8) is 0 Å². The number of carboxylic acids is 1. The van der Waals surface area contributed by atoms with E-state index in [1.54, 1.807) is 6.92 Å². The van der Waals surface area contributed by atoms with Crippen LogP contribution in [0.3, 0.4) is 0 Å². The number of rotatable bonds is 5. The van der Waals surface area contributed by atoms with E-state index in [4.69, 9.17) is 10.8 Å². The van der Waals surface area contributed by atoms with Crippen molar-refractivity contribution in [2.45, 2.75) is 39.2 Å². The Bertz CT molecular complexity index is 125. The standard InChI is InChI=1S/C8H17NO2/c1-3-7(9)5-4-6(2)8(10)11/h6-7H,3-5,9H2,1-2H3,(H,10,11)/t6-,7+/m0/s1. The van der Waals surface area contributed by atoms with Gasteiger partial charge in [0.25, 0.3) is 0 Å². The second-order valence-corrected chi connectivity index (χ2v) is 2.98. The summed E-state index contributed by atoms with van der Waals surface area (Å²) < 4.78 is 0. The van der Waals surface area contributed by atoms with Gasteiger partial charge in [0.15, 0.2) is 0 Å². The number of hydrogen-bond donors (Lipinski definition) is 2. The third kappa shape index (κ3) is 4.79. The van der Waals surface area contributed by atoms with Crippen molar-refractivity contribution in [2.24, 2.45) is 11.7 Å². The van der Waals surface area contributed by atoms with Crippen LogP contribution in [-0.4, -0.2) is 17.1 Å². The zero-order valence-electron chi connectivity index (χ0n) is 7.21. The summed E-state index contributed by atoms with van der Waals surface area (Å²) in [6.07, 6.45) is 2.42. The fourth-order valence-corrected chi connectivity index (χ4v) is 0.792. The summed E-state index contributed by atoms with van der Waals surface area (Å²) in [6, 6.07) is 0.164. The van der Waals surface area contributed by atoms with Gasteiger partial charge in [0.2, 0.25) is 0 Å². The first kappa shape index (κ1) is 10.4. The smallest absolute Gasteiger partial charge is 0.306 e. The lowest BCUT2D eigenvalue weighted by atomic mass is 10.0. The van der Waals surface area contributed by atoms with Crippen LogP contribution >= 0.6 is 0 Å². The van der Waals surface area contributed by atoms with E-state index in [9.17, 15) is 4.79 Å². The summed E-state index contributed by atoms with van der Waals surface area (Å²) in [4.78, 5) is 10.4. The van der Waals surface area contributed by atoms with Crippen molar-refractivity contribution in [3.8, 4) is 0 Å². The van der Waals surface area contributed by atoms with Crippen LogP contribution in [0, 0.1) is 5.92 Å². The maximum atomic E-state index is 10.4. The molecule has 0 aromatic carbocycles. The summed E-state index contributed by atoms with van der Waals surface area (Å²) in [5, 5.41) is 8.53. The fourth-order valence-electron chi connectivity index (χ4n) is 0.792. The fraction of sp³-hybridized carbons (Fsp3) is 0.875. The molecule has 0 fully saturated rings. The molecule has 0 spiro atoms. The highest BCUT2D eigenvalue weighted by molar-refractivity contribution is 5.69. The van der Waals surface area contributed by atoms with Gasteiger partial charge >= 0.3 is 5.97 Å². The topological polar surface area (TPSA) is 63.3 Å². The lowest BCUT2D eigenvalue weighted by Gasteiger charge is -2.10. The molecule has 0 radical (unpaired) electrons. The zero-order valence-corrected chi connectivity index (χ0v) is 7.21. The molecule has 2 atom stereocenters. The summed E-state index contributed by atoms with van der Waals surface area (Å²) >= 11 is 0. The number of carbonyl (C=O) groups is 1. The molecule has 3 nitrogen and oxygen atoms in total. The molecular weight excluding hydrogens is 142 g/mol. The van der Waals surface area contributed by atoms with E-state index in [-0.39, 0.29) is 12.0 Å². The SMILES string of the molecule is CC[C@@H](N)CC[C@H](C)C(=O)O. The third-order valence-corrected chi connectivity index (χ3v) is 1.92. The van der Waals surface area contributed by atoms with Crippen molar-refractivity contribution >= 4 is 5.97 Å². The minimum absolute atomic E-state index is 0.164. The molecule has 0 aliphatic carbocycles. The Labute approximate surface area is 67.6 Å². The summed E-state index contributed by atoms with van der Waals surface area (Å²) in [6.45, 7) is 3.72. The predicted octanol–water partition coefficient (Wildman–Crippen LogP) is 1.22. The van der Waals surface area contributed by atoms with Crippen molar-refractivity contribution < 1.29 is 9.90 Å². The first-order valence-electron chi connectivity index (χ1n) is 4.06. The molecule has 0 amide bonds. The highest BCUT2D eigenvalue weighted by Gasteiger charge is 2.11. The van der Waals surface area contributed by atoms with Gasteiger partial charge in [-0.15, -0.1) is 0 Å². The van der Waals surface area contributed by atoms with Crippen LogP contribution in [0.5, 0.6) is 0 Å². The zero-order chi connectivity index (χ0) is 8.85. The van der Waals surface area contributed by atoms with E-state index < -0.39 is 5.97 Å². The molecule has 11 heavy (non-hydrogen) atoms. The van der Waals surface area contributed by atoms with E-state index in [0.717, 1.165) is 12.8 Å². The minimum atomic E-state index is -0.728. The van der Waals surface area contributed by atoms with Crippen LogP contribution in [0.1, 0.15) is 33.1 Å². The third-order valence-electron chi connectivity index (χ3n) is 1.92. The van der Waals surface area contributed by atoms with Gasteiger partial charge in [0.1, 0.15) is 0 Å². The average Bonchev–Trinajstić information content (AvgIpc) is 1.99.